The van der Waals surface area contributed by atoms with E-state index in [1.807, 2.05) is 12.1 Å². The van der Waals surface area contributed by atoms with Crippen molar-refractivity contribution in [2.24, 2.45) is 0 Å². The minimum absolute atomic E-state index is 0.239. The maximum Gasteiger partial charge on any atom is 0.119 e. The number of ether oxygens (including phenoxy) is 1. The lowest BCUT2D eigenvalue weighted by Gasteiger charge is -2.24. The number of rotatable bonds is 4. The molecule has 1 fully saturated rings. The molecule has 1 atom stereocenters. The number of methoxy groups -OCH3 is 1. The second kappa shape index (κ2) is 4.85. The minimum atomic E-state index is 0.239. The minimum Gasteiger partial charge on any atom is -0.497 e. The topological polar surface area (TPSA) is 33.3 Å². The van der Waals surface area contributed by atoms with Crippen molar-refractivity contribution >= 4 is 0 Å². The number of hydrogen-bond donors (Lipinski definition) is 2. The van der Waals surface area contributed by atoms with Gasteiger partial charge in [-0.1, -0.05) is 12.1 Å². The van der Waals surface area contributed by atoms with Crippen LogP contribution in [-0.2, 0) is 6.54 Å². The molecule has 3 heteroatoms. The van der Waals surface area contributed by atoms with Crippen LogP contribution < -0.4 is 15.4 Å². The van der Waals surface area contributed by atoms with Crippen molar-refractivity contribution in [2.45, 2.75) is 25.4 Å². The Labute approximate surface area is 97.2 Å². The second-order valence-corrected chi connectivity index (χ2v) is 4.69. The standard InChI is InChI=1S/C13H20N2O/c1-13(6-7-14-10-13)15-9-11-4-3-5-12(8-11)16-2/h3-5,8,14-15H,6-7,9-10H2,1-2H3. The van der Waals surface area contributed by atoms with Gasteiger partial charge in [0.25, 0.3) is 0 Å². The van der Waals surface area contributed by atoms with Crippen LogP contribution in [0, 0.1) is 0 Å². The van der Waals surface area contributed by atoms with Crippen molar-refractivity contribution in [3.63, 3.8) is 0 Å². The Kier molecular flexibility index (Phi) is 3.46. The van der Waals surface area contributed by atoms with Crippen molar-refractivity contribution in [2.75, 3.05) is 20.2 Å². The first-order chi connectivity index (χ1) is 7.72. The molecule has 0 amide bonds. The molecular weight excluding hydrogens is 200 g/mol. The van der Waals surface area contributed by atoms with E-state index in [0.29, 0.717) is 0 Å². The molecule has 0 aromatic heterocycles. The highest BCUT2D eigenvalue weighted by molar-refractivity contribution is 5.28. The molecule has 0 aliphatic carbocycles. The number of nitrogens with one attached hydrogen (secondary N) is 2. The molecule has 2 N–H and O–H groups in total. The maximum atomic E-state index is 5.21. The maximum absolute atomic E-state index is 5.21. The van der Waals surface area contributed by atoms with E-state index >= 15 is 0 Å². The summed E-state index contributed by atoms with van der Waals surface area (Å²) in [5, 5.41) is 6.99. The highest BCUT2D eigenvalue weighted by atomic mass is 16.5. The molecule has 16 heavy (non-hydrogen) atoms. The van der Waals surface area contributed by atoms with E-state index in [0.717, 1.165) is 25.4 Å². The smallest absolute Gasteiger partial charge is 0.119 e. The first-order valence-electron chi connectivity index (χ1n) is 5.81. The summed E-state index contributed by atoms with van der Waals surface area (Å²) in [6, 6.07) is 8.22. The Hall–Kier alpha value is -1.06. The van der Waals surface area contributed by atoms with Crippen LogP contribution in [0.1, 0.15) is 18.9 Å². The summed E-state index contributed by atoms with van der Waals surface area (Å²) >= 11 is 0. The number of hydrogen-bond acceptors (Lipinski definition) is 3. The molecule has 1 heterocycles. The zero-order chi connectivity index (χ0) is 11.4. The summed E-state index contributed by atoms with van der Waals surface area (Å²) in [4.78, 5) is 0. The third kappa shape index (κ3) is 2.74. The van der Waals surface area contributed by atoms with Gasteiger partial charge in [-0.05, 0) is 37.6 Å². The molecule has 1 aromatic carbocycles. The fourth-order valence-electron chi connectivity index (χ4n) is 2.07. The summed E-state index contributed by atoms with van der Waals surface area (Å²) in [6.45, 7) is 5.33. The Morgan fingerprint density at radius 3 is 3.06 bits per heavy atom. The van der Waals surface area contributed by atoms with E-state index in [9.17, 15) is 0 Å². The molecule has 1 aliphatic heterocycles. The van der Waals surface area contributed by atoms with Gasteiger partial charge in [0.1, 0.15) is 5.75 Å². The Balaban J connectivity index is 1.93. The van der Waals surface area contributed by atoms with Crippen LogP contribution in [-0.4, -0.2) is 25.7 Å². The van der Waals surface area contributed by atoms with Crippen molar-refractivity contribution in [3.05, 3.63) is 29.8 Å². The molecule has 0 saturated carbocycles. The third-order valence-electron chi connectivity index (χ3n) is 3.22. The van der Waals surface area contributed by atoms with E-state index < -0.39 is 0 Å². The van der Waals surface area contributed by atoms with E-state index in [-0.39, 0.29) is 5.54 Å². The zero-order valence-corrected chi connectivity index (χ0v) is 10.0. The molecule has 0 spiro atoms. The number of benzene rings is 1. The van der Waals surface area contributed by atoms with E-state index in [1.165, 1.54) is 12.0 Å². The molecule has 1 aromatic rings. The van der Waals surface area contributed by atoms with Gasteiger partial charge in [0, 0.05) is 18.6 Å². The van der Waals surface area contributed by atoms with Gasteiger partial charge in [-0.3, -0.25) is 0 Å². The van der Waals surface area contributed by atoms with Gasteiger partial charge < -0.3 is 15.4 Å². The van der Waals surface area contributed by atoms with Crippen LogP contribution in [0.4, 0.5) is 0 Å². The average Bonchev–Trinajstić information content (AvgIpc) is 2.75. The lowest BCUT2D eigenvalue weighted by atomic mass is 10.0. The van der Waals surface area contributed by atoms with E-state index in [2.05, 4.69) is 29.7 Å². The summed E-state index contributed by atoms with van der Waals surface area (Å²) in [5.41, 5.74) is 1.51. The Morgan fingerprint density at radius 2 is 2.38 bits per heavy atom. The Bertz CT molecular complexity index is 346. The van der Waals surface area contributed by atoms with Gasteiger partial charge in [-0.15, -0.1) is 0 Å². The van der Waals surface area contributed by atoms with Crippen molar-refractivity contribution in [3.8, 4) is 5.75 Å². The van der Waals surface area contributed by atoms with Crippen LogP contribution in [0.15, 0.2) is 24.3 Å². The second-order valence-electron chi connectivity index (χ2n) is 4.69. The third-order valence-corrected chi connectivity index (χ3v) is 3.22. The van der Waals surface area contributed by atoms with Crippen molar-refractivity contribution in [1.82, 2.24) is 10.6 Å². The van der Waals surface area contributed by atoms with Gasteiger partial charge in [0.15, 0.2) is 0 Å². The lowest BCUT2D eigenvalue weighted by molar-refractivity contribution is 0.384. The zero-order valence-electron chi connectivity index (χ0n) is 10.0. The molecule has 0 radical (unpaired) electrons. The van der Waals surface area contributed by atoms with Crippen LogP contribution in [0.3, 0.4) is 0 Å². The van der Waals surface area contributed by atoms with Gasteiger partial charge in [-0.25, -0.2) is 0 Å². The molecular formula is C13H20N2O. The van der Waals surface area contributed by atoms with Gasteiger partial charge in [0.2, 0.25) is 0 Å². The van der Waals surface area contributed by atoms with Crippen LogP contribution in [0.5, 0.6) is 5.75 Å². The molecule has 0 bridgehead atoms. The normalized spacial score (nSPS) is 24.6. The van der Waals surface area contributed by atoms with Crippen LogP contribution in [0.2, 0.25) is 0 Å². The molecule has 1 saturated heterocycles. The van der Waals surface area contributed by atoms with Gasteiger partial charge in [-0.2, -0.15) is 0 Å². The molecule has 2 rings (SSSR count). The van der Waals surface area contributed by atoms with Crippen molar-refractivity contribution < 1.29 is 4.74 Å². The average molecular weight is 220 g/mol. The Morgan fingerprint density at radius 1 is 1.50 bits per heavy atom. The monoisotopic (exact) mass is 220 g/mol. The molecule has 3 nitrogen and oxygen atoms in total. The predicted molar refractivity (Wildman–Crippen MR) is 65.7 cm³/mol. The van der Waals surface area contributed by atoms with E-state index in [1.54, 1.807) is 7.11 Å². The fraction of sp³-hybridized carbons (Fsp3) is 0.538. The molecule has 1 unspecified atom stereocenters. The van der Waals surface area contributed by atoms with Gasteiger partial charge >= 0.3 is 0 Å². The first-order valence-corrected chi connectivity index (χ1v) is 5.81. The summed E-state index contributed by atoms with van der Waals surface area (Å²) in [6.07, 6.45) is 1.19. The summed E-state index contributed by atoms with van der Waals surface area (Å²) in [5.74, 6) is 0.925. The van der Waals surface area contributed by atoms with Gasteiger partial charge in [0.05, 0.1) is 7.11 Å². The summed E-state index contributed by atoms with van der Waals surface area (Å²) in [7, 11) is 1.70. The van der Waals surface area contributed by atoms with Crippen LogP contribution in [0.25, 0.3) is 0 Å². The predicted octanol–water partition coefficient (Wildman–Crippen LogP) is 1.54. The quantitative estimate of drug-likeness (QED) is 0.807. The largest absolute Gasteiger partial charge is 0.497 e. The molecule has 1 aliphatic rings. The highest BCUT2D eigenvalue weighted by Crippen LogP contribution is 2.16. The van der Waals surface area contributed by atoms with E-state index in [4.69, 9.17) is 4.74 Å². The first kappa shape index (κ1) is 11.4. The van der Waals surface area contributed by atoms with Crippen molar-refractivity contribution in [1.29, 1.82) is 0 Å². The SMILES string of the molecule is COc1cccc(CNC2(C)CCNC2)c1. The fourth-order valence-corrected chi connectivity index (χ4v) is 2.07. The van der Waals surface area contributed by atoms with Crippen LogP contribution >= 0.6 is 0 Å². The summed E-state index contributed by atoms with van der Waals surface area (Å²) < 4.78 is 5.21. The highest BCUT2D eigenvalue weighted by Gasteiger charge is 2.27. The molecule has 88 valence electrons. The lowest BCUT2D eigenvalue weighted by Crippen LogP contribution is -2.43.